The van der Waals surface area contributed by atoms with Crippen molar-refractivity contribution in [1.29, 1.82) is 0 Å². The van der Waals surface area contributed by atoms with Gasteiger partial charge in [-0.1, -0.05) is 24.3 Å². The number of rotatable bonds is 6. The van der Waals surface area contributed by atoms with E-state index in [0.29, 0.717) is 23.9 Å². The molecule has 1 aliphatic heterocycles. The minimum absolute atomic E-state index is 0.0332. The number of aliphatic carboxylic acids is 1. The zero-order valence-corrected chi connectivity index (χ0v) is 14.9. The maximum atomic E-state index is 14.3. The molecule has 1 aliphatic rings. The molecule has 1 atom stereocenters. The first-order valence-electron chi connectivity index (χ1n) is 8.65. The number of amides is 1. The number of carboxylic acid groups (broad SMARTS) is 1. The van der Waals surface area contributed by atoms with Gasteiger partial charge >= 0.3 is 5.97 Å². The first-order chi connectivity index (χ1) is 12.9. The SMILES string of the molecule is CCOc1ccccc1Oc1ccccc1C(=O)N1CCC(F)(C(=O)O)C1. The van der Waals surface area contributed by atoms with Crippen LogP contribution in [0.3, 0.4) is 0 Å². The van der Waals surface area contributed by atoms with Gasteiger partial charge in [0.05, 0.1) is 18.7 Å². The summed E-state index contributed by atoms with van der Waals surface area (Å²) in [5.74, 6) is -0.738. The Kier molecular flexibility index (Phi) is 5.30. The van der Waals surface area contributed by atoms with Gasteiger partial charge in [-0.05, 0) is 31.2 Å². The van der Waals surface area contributed by atoms with Crippen LogP contribution in [0, 0.1) is 0 Å². The fraction of sp³-hybridized carbons (Fsp3) is 0.300. The number of para-hydroxylation sites is 3. The van der Waals surface area contributed by atoms with Crippen LogP contribution in [0.4, 0.5) is 4.39 Å². The van der Waals surface area contributed by atoms with E-state index in [2.05, 4.69) is 0 Å². The highest BCUT2D eigenvalue weighted by molar-refractivity contribution is 5.98. The van der Waals surface area contributed by atoms with Crippen molar-refractivity contribution in [1.82, 2.24) is 4.90 Å². The molecule has 0 aliphatic carbocycles. The zero-order valence-electron chi connectivity index (χ0n) is 14.9. The first-order valence-corrected chi connectivity index (χ1v) is 8.65. The van der Waals surface area contributed by atoms with Crippen molar-refractivity contribution < 1.29 is 28.6 Å². The number of carbonyl (C=O) groups is 2. The molecule has 27 heavy (non-hydrogen) atoms. The molecule has 7 heteroatoms. The molecule has 6 nitrogen and oxygen atoms in total. The number of hydrogen-bond donors (Lipinski definition) is 1. The van der Waals surface area contributed by atoms with Crippen LogP contribution in [-0.4, -0.2) is 47.2 Å². The summed E-state index contributed by atoms with van der Waals surface area (Å²) < 4.78 is 25.7. The first kappa shape index (κ1) is 18.7. The Morgan fingerprint density at radius 3 is 2.37 bits per heavy atom. The van der Waals surface area contributed by atoms with Gasteiger partial charge in [0.15, 0.2) is 11.5 Å². The predicted molar refractivity (Wildman–Crippen MR) is 96.1 cm³/mol. The van der Waals surface area contributed by atoms with E-state index in [1.807, 2.05) is 13.0 Å². The minimum Gasteiger partial charge on any atom is -0.490 e. The molecule has 3 rings (SSSR count). The topological polar surface area (TPSA) is 76.1 Å². The molecule has 0 aromatic heterocycles. The molecule has 1 saturated heterocycles. The molecular formula is C20H20FNO5. The van der Waals surface area contributed by atoms with Gasteiger partial charge in [-0.15, -0.1) is 0 Å². The van der Waals surface area contributed by atoms with E-state index in [4.69, 9.17) is 14.6 Å². The number of nitrogens with zero attached hydrogens (tertiary/aromatic N) is 1. The molecule has 2 aromatic carbocycles. The van der Waals surface area contributed by atoms with Gasteiger partial charge in [0.1, 0.15) is 5.75 Å². The highest BCUT2D eigenvalue weighted by Crippen LogP contribution is 2.34. The minimum atomic E-state index is -2.41. The molecule has 0 saturated carbocycles. The van der Waals surface area contributed by atoms with E-state index in [-0.39, 0.29) is 18.5 Å². The van der Waals surface area contributed by atoms with E-state index in [9.17, 15) is 14.0 Å². The van der Waals surface area contributed by atoms with E-state index < -0.39 is 24.1 Å². The van der Waals surface area contributed by atoms with E-state index >= 15 is 0 Å². The fourth-order valence-electron chi connectivity index (χ4n) is 2.95. The van der Waals surface area contributed by atoms with Crippen molar-refractivity contribution in [3.8, 4) is 17.2 Å². The fourth-order valence-corrected chi connectivity index (χ4v) is 2.95. The summed E-state index contributed by atoms with van der Waals surface area (Å²) in [6.07, 6.45) is -0.232. The van der Waals surface area contributed by atoms with Gasteiger partial charge in [-0.3, -0.25) is 4.79 Å². The molecule has 1 amide bonds. The Labute approximate surface area is 156 Å². The molecular weight excluding hydrogens is 353 g/mol. The maximum absolute atomic E-state index is 14.3. The van der Waals surface area contributed by atoms with E-state index in [0.717, 1.165) is 0 Å². The smallest absolute Gasteiger partial charge is 0.343 e. The molecule has 1 unspecified atom stereocenters. The lowest BCUT2D eigenvalue weighted by molar-refractivity contribution is -0.149. The van der Waals surface area contributed by atoms with Crippen molar-refractivity contribution in [3.05, 3.63) is 54.1 Å². The molecule has 0 radical (unpaired) electrons. The van der Waals surface area contributed by atoms with Crippen LogP contribution in [0.5, 0.6) is 17.2 Å². The lowest BCUT2D eigenvalue weighted by Crippen LogP contribution is -2.39. The average Bonchev–Trinajstić information content (AvgIpc) is 3.07. The Hall–Kier alpha value is -3.09. The standard InChI is InChI=1S/C20H20FNO5/c1-2-26-16-9-5-6-10-17(16)27-15-8-4-3-7-14(15)18(23)22-12-11-20(21,13-22)19(24)25/h3-10H,2,11-13H2,1H3,(H,24,25). The highest BCUT2D eigenvalue weighted by Gasteiger charge is 2.47. The summed E-state index contributed by atoms with van der Waals surface area (Å²) in [7, 11) is 0. The van der Waals surface area contributed by atoms with Crippen LogP contribution in [0.25, 0.3) is 0 Å². The van der Waals surface area contributed by atoms with E-state index in [1.54, 1.807) is 42.5 Å². The summed E-state index contributed by atoms with van der Waals surface area (Å²) >= 11 is 0. The number of carbonyl (C=O) groups excluding carboxylic acids is 1. The third-order valence-corrected chi connectivity index (χ3v) is 4.38. The van der Waals surface area contributed by atoms with Gasteiger partial charge in [-0.25, -0.2) is 9.18 Å². The molecule has 1 N–H and O–H groups in total. The maximum Gasteiger partial charge on any atom is 0.343 e. The van der Waals surface area contributed by atoms with Crippen LogP contribution in [0.15, 0.2) is 48.5 Å². The average molecular weight is 373 g/mol. The second-order valence-corrected chi connectivity index (χ2v) is 6.23. The van der Waals surface area contributed by atoms with Crippen LogP contribution >= 0.6 is 0 Å². The lowest BCUT2D eigenvalue weighted by Gasteiger charge is -2.20. The molecule has 2 aromatic rings. The van der Waals surface area contributed by atoms with Crippen molar-refractivity contribution >= 4 is 11.9 Å². The normalized spacial score (nSPS) is 19.0. The molecule has 1 fully saturated rings. The van der Waals surface area contributed by atoms with Crippen LogP contribution < -0.4 is 9.47 Å². The second-order valence-electron chi connectivity index (χ2n) is 6.23. The van der Waals surface area contributed by atoms with E-state index in [1.165, 1.54) is 4.90 Å². The van der Waals surface area contributed by atoms with Crippen molar-refractivity contribution in [2.75, 3.05) is 19.7 Å². The predicted octanol–water partition coefficient (Wildman–Crippen LogP) is 3.52. The van der Waals surface area contributed by atoms with Crippen LogP contribution in [-0.2, 0) is 4.79 Å². The Balaban J connectivity index is 1.85. The molecule has 0 bridgehead atoms. The summed E-state index contributed by atoms with van der Waals surface area (Å²) in [5.41, 5.74) is -2.18. The number of carboxylic acids is 1. The van der Waals surface area contributed by atoms with Crippen molar-refractivity contribution in [2.24, 2.45) is 0 Å². The Bertz CT molecular complexity index is 856. The number of alkyl halides is 1. The van der Waals surface area contributed by atoms with Gasteiger partial charge in [-0.2, -0.15) is 0 Å². The van der Waals surface area contributed by atoms with Crippen LogP contribution in [0.1, 0.15) is 23.7 Å². The highest BCUT2D eigenvalue weighted by atomic mass is 19.1. The molecule has 1 heterocycles. The molecule has 142 valence electrons. The number of hydrogen-bond acceptors (Lipinski definition) is 4. The quantitative estimate of drug-likeness (QED) is 0.839. The summed E-state index contributed by atoms with van der Waals surface area (Å²) in [6, 6.07) is 13.7. The summed E-state index contributed by atoms with van der Waals surface area (Å²) in [5, 5.41) is 9.02. The number of ether oxygens (including phenoxy) is 2. The summed E-state index contributed by atoms with van der Waals surface area (Å²) in [6.45, 7) is 1.87. The molecule has 0 spiro atoms. The second kappa shape index (κ2) is 7.65. The van der Waals surface area contributed by atoms with Crippen molar-refractivity contribution in [3.63, 3.8) is 0 Å². The number of halogens is 1. The zero-order chi connectivity index (χ0) is 19.4. The van der Waals surface area contributed by atoms with Crippen molar-refractivity contribution in [2.45, 2.75) is 19.0 Å². The van der Waals surface area contributed by atoms with Gasteiger partial charge in [0.25, 0.3) is 5.91 Å². The summed E-state index contributed by atoms with van der Waals surface area (Å²) in [4.78, 5) is 25.1. The third-order valence-electron chi connectivity index (χ3n) is 4.38. The largest absolute Gasteiger partial charge is 0.490 e. The Morgan fingerprint density at radius 2 is 1.74 bits per heavy atom. The monoisotopic (exact) mass is 373 g/mol. The van der Waals surface area contributed by atoms with Crippen LogP contribution in [0.2, 0.25) is 0 Å². The number of likely N-dealkylation sites (tertiary alicyclic amines) is 1. The van der Waals surface area contributed by atoms with Gasteiger partial charge in [0.2, 0.25) is 5.67 Å². The third kappa shape index (κ3) is 3.86. The van der Waals surface area contributed by atoms with Gasteiger partial charge in [0, 0.05) is 13.0 Å². The number of benzene rings is 2. The Morgan fingerprint density at radius 1 is 1.11 bits per heavy atom. The van der Waals surface area contributed by atoms with Gasteiger partial charge < -0.3 is 19.5 Å². The lowest BCUT2D eigenvalue weighted by atomic mass is 10.1.